The van der Waals surface area contributed by atoms with E-state index < -0.39 is 0 Å². The van der Waals surface area contributed by atoms with Crippen molar-refractivity contribution >= 4 is 0 Å². The molecule has 0 saturated heterocycles. The number of aliphatic hydroxyl groups excluding tert-OH is 1. The molecule has 2 N–H and O–H groups in total. The fourth-order valence-corrected chi connectivity index (χ4v) is 2.90. The van der Waals surface area contributed by atoms with E-state index in [2.05, 4.69) is 29.2 Å². The number of hydrogen-bond acceptors (Lipinski definition) is 4. The Kier molecular flexibility index (Phi) is 4.27. The van der Waals surface area contributed by atoms with Crippen molar-refractivity contribution < 1.29 is 5.11 Å². The second kappa shape index (κ2) is 6.18. The lowest BCUT2D eigenvalue weighted by Crippen LogP contribution is -2.35. The average Bonchev–Trinajstić information content (AvgIpc) is 2.98. The van der Waals surface area contributed by atoms with Gasteiger partial charge >= 0.3 is 0 Å². The van der Waals surface area contributed by atoms with E-state index in [0.29, 0.717) is 6.04 Å². The highest BCUT2D eigenvalue weighted by Crippen LogP contribution is 2.31. The number of pyridine rings is 1. The zero-order valence-corrected chi connectivity index (χ0v) is 13.3. The van der Waals surface area contributed by atoms with Gasteiger partial charge in [-0.25, -0.2) is 9.67 Å². The summed E-state index contributed by atoms with van der Waals surface area (Å²) < 4.78 is 1.96. The van der Waals surface area contributed by atoms with Gasteiger partial charge in [0.15, 0.2) is 5.82 Å². The van der Waals surface area contributed by atoms with Crippen LogP contribution < -0.4 is 5.32 Å². The fourth-order valence-electron chi connectivity index (χ4n) is 2.90. The first-order valence-corrected chi connectivity index (χ1v) is 7.93. The molecule has 118 valence electrons. The molecular formula is C17H24N4O. The summed E-state index contributed by atoms with van der Waals surface area (Å²) in [5.74, 6) is 0.875. The minimum absolute atomic E-state index is 0.103. The maximum atomic E-state index is 9.41. The van der Waals surface area contributed by atoms with Gasteiger partial charge in [-0.15, -0.1) is 0 Å². The van der Waals surface area contributed by atoms with Gasteiger partial charge in [-0.1, -0.05) is 19.9 Å². The van der Waals surface area contributed by atoms with E-state index in [9.17, 15) is 5.11 Å². The third-order valence-corrected chi connectivity index (χ3v) is 4.30. The third-order valence-electron chi connectivity index (χ3n) is 4.30. The summed E-state index contributed by atoms with van der Waals surface area (Å²) in [6.07, 6.45) is 7.05. The standard InChI is InChI=1S/C17H24N4O/c1-17(2,12-22)11-19-14-6-5-7-15-13(14)10-20-21(15)16-8-3-4-9-18-16/h3-4,8-10,14,19,22H,5-7,11-12H2,1-2H3/t14-/m1/s1. The van der Waals surface area contributed by atoms with Crippen LogP contribution in [-0.2, 0) is 6.42 Å². The van der Waals surface area contributed by atoms with Crippen molar-refractivity contribution in [3.63, 3.8) is 0 Å². The molecule has 0 spiro atoms. The molecule has 2 aromatic rings. The number of aliphatic hydroxyl groups is 1. The zero-order valence-electron chi connectivity index (χ0n) is 13.3. The number of rotatable bonds is 5. The highest BCUT2D eigenvalue weighted by atomic mass is 16.3. The molecule has 2 heterocycles. The summed E-state index contributed by atoms with van der Waals surface area (Å²) in [7, 11) is 0. The number of aromatic nitrogens is 3. The van der Waals surface area contributed by atoms with E-state index in [4.69, 9.17) is 0 Å². The van der Waals surface area contributed by atoms with Crippen molar-refractivity contribution in [1.82, 2.24) is 20.1 Å². The zero-order chi connectivity index (χ0) is 15.6. The van der Waals surface area contributed by atoms with Gasteiger partial charge in [0.2, 0.25) is 0 Å². The van der Waals surface area contributed by atoms with Gasteiger partial charge in [0.1, 0.15) is 0 Å². The molecule has 0 aromatic carbocycles. The van der Waals surface area contributed by atoms with Crippen LogP contribution in [0, 0.1) is 5.41 Å². The molecule has 1 aliphatic rings. The normalized spacial score (nSPS) is 18.2. The average molecular weight is 300 g/mol. The first-order chi connectivity index (χ1) is 10.6. The summed E-state index contributed by atoms with van der Waals surface area (Å²) >= 11 is 0. The smallest absolute Gasteiger partial charge is 0.153 e. The number of nitrogens with one attached hydrogen (secondary N) is 1. The molecule has 1 atom stereocenters. The Morgan fingerprint density at radius 2 is 2.27 bits per heavy atom. The van der Waals surface area contributed by atoms with E-state index in [0.717, 1.165) is 31.6 Å². The Morgan fingerprint density at radius 1 is 1.41 bits per heavy atom. The summed E-state index contributed by atoms with van der Waals surface area (Å²) in [5, 5.41) is 17.6. The minimum atomic E-state index is -0.103. The van der Waals surface area contributed by atoms with E-state index in [1.807, 2.05) is 29.1 Å². The van der Waals surface area contributed by atoms with E-state index >= 15 is 0 Å². The number of nitrogens with zero attached hydrogens (tertiary/aromatic N) is 3. The van der Waals surface area contributed by atoms with Gasteiger partial charge in [-0.2, -0.15) is 5.10 Å². The van der Waals surface area contributed by atoms with Crippen LogP contribution in [0.15, 0.2) is 30.6 Å². The molecule has 0 unspecified atom stereocenters. The first kappa shape index (κ1) is 15.2. The van der Waals surface area contributed by atoms with E-state index in [-0.39, 0.29) is 12.0 Å². The van der Waals surface area contributed by atoms with Crippen molar-refractivity contribution in [3.8, 4) is 5.82 Å². The molecule has 5 nitrogen and oxygen atoms in total. The fraction of sp³-hybridized carbons (Fsp3) is 0.529. The van der Waals surface area contributed by atoms with E-state index in [1.54, 1.807) is 6.20 Å². The van der Waals surface area contributed by atoms with Crippen LogP contribution >= 0.6 is 0 Å². The quantitative estimate of drug-likeness (QED) is 0.889. The second-order valence-electron chi connectivity index (χ2n) is 6.79. The lowest BCUT2D eigenvalue weighted by molar-refractivity contribution is 0.152. The molecule has 0 radical (unpaired) electrons. The molecule has 0 fully saturated rings. The predicted octanol–water partition coefficient (Wildman–Crippen LogP) is 2.25. The summed E-state index contributed by atoms with van der Waals surface area (Å²) in [5.41, 5.74) is 2.42. The SMILES string of the molecule is CC(C)(CO)CN[C@@H]1CCCc2c1cnn2-c1ccccn1. The maximum Gasteiger partial charge on any atom is 0.153 e. The predicted molar refractivity (Wildman–Crippen MR) is 85.9 cm³/mol. The number of fused-ring (bicyclic) bond motifs is 1. The maximum absolute atomic E-state index is 9.41. The van der Waals surface area contributed by atoms with Crippen LogP contribution in [-0.4, -0.2) is 33.0 Å². The molecule has 22 heavy (non-hydrogen) atoms. The van der Waals surface area contributed by atoms with Gasteiger partial charge in [0, 0.05) is 36.4 Å². The molecule has 2 aromatic heterocycles. The third kappa shape index (κ3) is 3.05. The van der Waals surface area contributed by atoms with Gasteiger partial charge < -0.3 is 10.4 Å². The van der Waals surface area contributed by atoms with Crippen molar-refractivity contribution in [3.05, 3.63) is 41.9 Å². The molecule has 5 heteroatoms. The Bertz CT molecular complexity index is 621. The topological polar surface area (TPSA) is 63.0 Å². The van der Waals surface area contributed by atoms with Crippen LogP contribution in [0.25, 0.3) is 5.82 Å². The summed E-state index contributed by atoms with van der Waals surface area (Å²) in [6.45, 7) is 5.12. The van der Waals surface area contributed by atoms with Crippen molar-refractivity contribution in [2.75, 3.05) is 13.2 Å². The van der Waals surface area contributed by atoms with E-state index in [1.165, 1.54) is 11.3 Å². The van der Waals surface area contributed by atoms with Gasteiger partial charge in [0.05, 0.1) is 11.9 Å². The number of hydrogen-bond donors (Lipinski definition) is 2. The Balaban J connectivity index is 1.82. The highest BCUT2D eigenvalue weighted by Gasteiger charge is 2.26. The van der Waals surface area contributed by atoms with Crippen LogP contribution in [0.2, 0.25) is 0 Å². The lowest BCUT2D eigenvalue weighted by Gasteiger charge is -2.29. The Hall–Kier alpha value is -1.72. The molecular weight excluding hydrogens is 276 g/mol. The monoisotopic (exact) mass is 300 g/mol. The molecule has 1 aliphatic carbocycles. The lowest BCUT2D eigenvalue weighted by atomic mass is 9.90. The molecule has 0 aliphatic heterocycles. The van der Waals surface area contributed by atoms with Gasteiger partial charge in [0.25, 0.3) is 0 Å². The van der Waals surface area contributed by atoms with Gasteiger partial charge in [-0.3, -0.25) is 0 Å². The molecule has 3 rings (SSSR count). The van der Waals surface area contributed by atoms with Crippen molar-refractivity contribution in [1.29, 1.82) is 0 Å². The summed E-state index contributed by atoms with van der Waals surface area (Å²) in [6, 6.07) is 6.20. The van der Waals surface area contributed by atoms with Gasteiger partial charge in [-0.05, 0) is 31.4 Å². The summed E-state index contributed by atoms with van der Waals surface area (Å²) in [4.78, 5) is 4.40. The Morgan fingerprint density at radius 3 is 3.00 bits per heavy atom. The Labute approximate surface area is 131 Å². The van der Waals surface area contributed by atoms with Crippen molar-refractivity contribution in [2.24, 2.45) is 5.41 Å². The second-order valence-corrected chi connectivity index (χ2v) is 6.79. The highest BCUT2D eigenvalue weighted by molar-refractivity contribution is 5.32. The molecule has 0 saturated carbocycles. The molecule has 0 amide bonds. The molecule has 0 bridgehead atoms. The minimum Gasteiger partial charge on any atom is -0.396 e. The largest absolute Gasteiger partial charge is 0.396 e. The van der Waals surface area contributed by atoms with Crippen LogP contribution in [0.1, 0.15) is 44.0 Å². The first-order valence-electron chi connectivity index (χ1n) is 7.93. The van der Waals surface area contributed by atoms with Crippen LogP contribution in [0.4, 0.5) is 0 Å². The van der Waals surface area contributed by atoms with Crippen molar-refractivity contribution in [2.45, 2.75) is 39.2 Å². The van der Waals surface area contributed by atoms with Crippen LogP contribution in [0.5, 0.6) is 0 Å². The van der Waals surface area contributed by atoms with Crippen LogP contribution in [0.3, 0.4) is 0 Å².